The standard InChI is InChI=1S/C27H19ClF2N4O4S/c28-25-15(10-14-4-1-2-6-20(14)32-25)13-34-21-12-16(29)11-19(30)23(21)22(18-5-3-9-31-26(18)35)24(34)27(36)33-39(37,38)17-7-8-17/h1-6,9-12,17H,7-8,13H2,(H,31,35)(H,33,36). The summed E-state index contributed by atoms with van der Waals surface area (Å²) in [5.41, 5.74) is -0.287. The first-order valence-corrected chi connectivity index (χ1v) is 13.9. The van der Waals surface area contributed by atoms with Crippen molar-refractivity contribution in [1.29, 1.82) is 0 Å². The summed E-state index contributed by atoms with van der Waals surface area (Å²) >= 11 is 6.48. The van der Waals surface area contributed by atoms with Crippen LogP contribution in [0.3, 0.4) is 0 Å². The van der Waals surface area contributed by atoms with Gasteiger partial charge >= 0.3 is 0 Å². The molecule has 5 aromatic rings. The fraction of sp³-hybridized carbons (Fsp3) is 0.148. The third kappa shape index (κ3) is 4.47. The summed E-state index contributed by atoms with van der Waals surface area (Å²) in [5, 5.41) is -0.126. The van der Waals surface area contributed by atoms with Crippen molar-refractivity contribution in [3.05, 3.63) is 99.2 Å². The van der Waals surface area contributed by atoms with Crippen LogP contribution in [0.25, 0.3) is 32.9 Å². The van der Waals surface area contributed by atoms with Crippen LogP contribution < -0.4 is 10.3 Å². The van der Waals surface area contributed by atoms with Gasteiger partial charge in [0.2, 0.25) is 10.0 Å². The number of H-pyrrole nitrogens is 1. The van der Waals surface area contributed by atoms with Crippen molar-refractivity contribution in [2.45, 2.75) is 24.6 Å². The van der Waals surface area contributed by atoms with E-state index in [0.29, 0.717) is 30.0 Å². The van der Waals surface area contributed by atoms with Crippen molar-refractivity contribution in [2.75, 3.05) is 0 Å². The molecule has 1 fully saturated rings. The number of amides is 1. The van der Waals surface area contributed by atoms with Gasteiger partial charge in [-0.25, -0.2) is 26.9 Å². The van der Waals surface area contributed by atoms with Gasteiger partial charge in [0.15, 0.2) is 0 Å². The number of rotatable bonds is 6. The Labute approximate surface area is 225 Å². The highest BCUT2D eigenvalue weighted by Gasteiger charge is 2.38. The molecule has 39 heavy (non-hydrogen) atoms. The van der Waals surface area contributed by atoms with Crippen LogP contribution in [0.2, 0.25) is 5.15 Å². The van der Waals surface area contributed by atoms with Crippen LogP contribution in [0.4, 0.5) is 8.78 Å². The number of hydrogen-bond acceptors (Lipinski definition) is 5. The first-order valence-electron chi connectivity index (χ1n) is 11.9. The first-order chi connectivity index (χ1) is 18.6. The number of nitrogens with zero attached hydrogens (tertiary/aromatic N) is 2. The van der Waals surface area contributed by atoms with Crippen LogP contribution in [-0.2, 0) is 16.6 Å². The fourth-order valence-corrected chi connectivity index (χ4v) is 6.22. The third-order valence-electron chi connectivity index (χ3n) is 6.66. The molecule has 2 aromatic carbocycles. The van der Waals surface area contributed by atoms with Gasteiger partial charge in [0, 0.05) is 34.2 Å². The zero-order chi connectivity index (χ0) is 27.5. The summed E-state index contributed by atoms with van der Waals surface area (Å²) in [7, 11) is -4.03. The number of carbonyl (C=O) groups is 1. The number of aromatic amines is 1. The lowest BCUT2D eigenvalue weighted by molar-refractivity contribution is 0.0974. The van der Waals surface area contributed by atoms with E-state index < -0.39 is 38.4 Å². The monoisotopic (exact) mass is 568 g/mol. The molecule has 0 unspecified atom stereocenters. The lowest BCUT2D eigenvalue weighted by Crippen LogP contribution is -2.35. The number of para-hydroxylation sites is 1. The maximum atomic E-state index is 15.4. The van der Waals surface area contributed by atoms with Gasteiger partial charge in [-0.1, -0.05) is 29.8 Å². The van der Waals surface area contributed by atoms with E-state index in [1.165, 1.54) is 22.9 Å². The van der Waals surface area contributed by atoms with Gasteiger partial charge in [-0.05, 0) is 43.2 Å². The zero-order valence-corrected chi connectivity index (χ0v) is 21.6. The maximum Gasteiger partial charge on any atom is 0.282 e. The lowest BCUT2D eigenvalue weighted by atomic mass is 10.0. The Bertz CT molecular complexity index is 1980. The van der Waals surface area contributed by atoms with E-state index in [1.54, 1.807) is 30.3 Å². The summed E-state index contributed by atoms with van der Waals surface area (Å²) in [4.78, 5) is 33.4. The second kappa shape index (κ2) is 9.28. The highest BCUT2D eigenvalue weighted by molar-refractivity contribution is 7.91. The number of fused-ring (bicyclic) bond motifs is 2. The molecule has 0 radical (unpaired) electrons. The predicted molar refractivity (Wildman–Crippen MR) is 143 cm³/mol. The average molecular weight is 569 g/mol. The van der Waals surface area contributed by atoms with Crippen molar-refractivity contribution in [3.8, 4) is 11.1 Å². The van der Waals surface area contributed by atoms with Gasteiger partial charge in [-0.15, -0.1) is 0 Å². The van der Waals surface area contributed by atoms with Gasteiger partial charge in [-0.3, -0.25) is 9.59 Å². The van der Waals surface area contributed by atoms with E-state index in [9.17, 15) is 22.4 Å². The number of sulfonamides is 1. The number of benzene rings is 2. The summed E-state index contributed by atoms with van der Waals surface area (Å²) in [6.45, 7) is -0.201. The van der Waals surface area contributed by atoms with E-state index in [4.69, 9.17) is 11.6 Å². The normalized spacial score (nSPS) is 13.7. The largest absolute Gasteiger partial charge is 0.331 e. The minimum atomic E-state index is -4.03. The molecule has 12 heteroatoms. The predicted octanol–water partition coefficient (Wildman–Crippen LogP) is 4.75. The van der Waals surface area contributed by atoms with E-state index in [2.05, 4.69) is 14.7 Å². The Morgan fingerprint density at radius 1 is 1.13 bits per heavy atom. The molecule has 198 valence electrons. The topological polar surface area (TPSA) is 114 Å². The smallest absolute Gasteiger partial charge is 0.282 e. The second-order valence-electron chi connectivity index (χ2n) is 9.31. The van der Waals surface area contributed by atoms with Crippen molar-refractivity contribution in [2.24, 2.45) is 0 Å². The average Bonchev–Trinajstić information content (AvgIpc) is 3.69. The molecule has 1 amide bonds. The van der Waals surface area contributed by atoms with Crippen LogP contribution in [0.1, 0.15) is 28.9 Å². The molecule has 0 atom stereocenters. The second-order valence-corrected chi connectivity index (χ2v) is 11.6. The SMILES string of the molecule is O=C(NS(=O)(=O)C1CC1)c1c(-c2ccc[nH]c2=O)c2c(F)cc(F)cc2n1Cc1cc2ccccc2nc1Cl. The highest BCUT2D eigenvalue weighted by Crippen LogP contribution is 2.38. The van der Waals surface area contributed by atoms with Crippen molar-refractivity contribution in [3.63, 3.8) is 0 Å². The van der Waals surface area contributed by atoms with Crippen LogP contribution >= 0.6 is 11.6 Å². The minimum absolute atomic E-state index is 0.0658. The number of aromatic nitrogens is 3. The molecule has 3 aromatic heterocycles. The molecular formula is C27H19ClF2N4O4S. The van der Waals surface area contributed by atoms with Crippen molar-refractivity contribution >= 4 is 49.3 Å². The number of pyridine rings is 2. The number of carbonyl (C=O) groups excluding carboxylic acids is 1. The van der Waals surface area contributed by atoms with Crippen LogP contribution in [0.15, 0.2) is 65.6 Å². The Hall–Kier alpha value is -4.09. The van der Waals surface area contributed by atoms with Gasteiger partial charge in [0.1, 0.15) is 22.5 Å². The third-order valence-corrected chi connectivity index (χ3v) is 8.81. The van der Waals surface area contributed by atoms with E-state index in [0.717, 1.165) is 11.5 Å². The molecule has 3 heterocycles. The van der Waals surface area contributed by atoms with Crippen LogP contribution in [0.5, 0.6) is 0 Å². The molecule has 8 nitrogen and oxygen atoms in total. The van der Waals surface area contributed by atoms with Gasteiger partial charge in [-0.2, -0.15) is 0 Å². The molecule has 1 aliphatic carbocycles. The molecule has 2 N–H and O–H groups in total. The number of hydrogen-bond donors (Lipinski definition) is 2. The summed E-state index contributed by atoms with van der Waals surface area (Å²) < 4.78 is 58.8. The maximum absolute atomic E-state index is 15.4. The van der Waals surface area contributed by atoms with Gasteiger partial charge in [0.25, 0.3) is 11.5 Å². The summed E-state index contributed by atoms with van der Waals surface area (Å²) in [6, 6.07) is 13.4. The van der Waals surface area contributed by atoms with Gasteiger partial charge in [0.05, 0.1) is 28.4 Å². The Morgan fingerprint density at radius 2 is 1.90 bits per heavy atom. The zero-order valence-electron chi connectivity index (χ0n) is 20.0. The molecular weight excluding hydrogens is 550 g/mol. The fourth-order valence-electron chi connectivity index (χ4n) is 4.73. The number of nitrogens with one attached hydrogen (secondary N) is 2. The quantitative estimate of drug-likeness (QED) is 0.287. The van der Waals surface area contributed by atoms with Crippen LogP contribution in [-0.4, -0.2) is 34.1 Å². The van der Waals surface area contributed by atoms with E-state index in [-0.39, 0.29) is 39.4 Å². The Morgan fingerprint density at radius 3 is 2.64 bits per heavy atom. The van der Waals surface area contributed by atoms with Crippen molar-refractivity contribution < 1.29 is 22.0 Å². The lowest BCUT2D eigenvalue weighted by Gasteiger charge is -2.14. The first kappa shape index (κ1) is 25.2. The Balaban J connectivity index is 1.66. The highest BCUT2D eigenvalue weighted by atomic mass is 35.5. The molecule has 0 spiro atoms. The van der Waals surface area contributed by atoms with Crippen LogP contribution in [0, 0.1) is 11.6 Å². The van der Waals surface area contributed by atoms with Gasteiger partial charge < -0.3 is 9.55 Å². The molecule has 1 saturated carbocycles. The minimum Gasteiger partial charge on any atom is -0.331 e. The molecule has 1 aliphatic rings. The molecule has 0 saturated heterocycles. The summed E-state index contributed by atoms with van der Waals surface area (Å²) in [6.07, 6.45) is 2.16. The number of halogens is 3. The molecule has 0 aliphatic heterocycles. The van der Waals surface area contributed by atoms with Crippen molar-refractivity contribution in [1.82, 2.24) is 19.3 Å². The Kier molecular flexibility index (Phi) is 6.00. The molecule has 6 rings (SSSR count). The van der Waals surface area contributed by atoms with E-state index in [1.807, 2.05) is 0 Å². The molecule has 0 bridgehead atoms. The van der Waals surface area contributed by atoms with E-state index >= 15 is 4.39 Å². The summed E-state index contributed by atoms with van der Waals surface area (Å²) in [5.74, 6) is -3.03.